The number of nitrogens with zero attached hydrogens (tertiary/aromatic N) is 1. The van der Waals surface area contributed by atoms with Crippen LogP contribution in [0.3, 0.4) is 0 Å². The van der Waals surface area contributed by atoms with Crippen LogP contribution in [0.25, 0.3) is 0 Å². The molecule has 0 saturated heterocycles. The zero-order valence-electron chi connectivity index (χ0n) is 16.2. The molecule has 146 valence electrons. The van der Waals surface area contributed by atoms with E-state index in [1.54, 1.807) is 24.3 Å². The Morgan fingerprint density at radius 2 is 1.81 bits per heavy atom. The van der Waals surface area contributed by atoms with Crippen LogP contribution in [0.1, 0.15) is 54.1 Å². The maximum atomic E-state index is 12.1. The van der Waals surface area contributed by atoms with Gasteiger partial charge in [0.05, 0.1) is 16.8 Å². The summed E-state index contributed by atoms with van der Waals surface area (Å²) in [6.07, 6.45) is 1.68. The third kappa shape index (κ3) is 5.84. The Kier molecular flexibility index (Phi) is 7.40. The Balaban J connectivity index is 1.83. The summed E-state index contributed by atoms with van der Waals surface area (Å²) in [5, 5.41) is 6.70. The van der Waals surface area contributed by atoms with Crippen LogP contribution in [0, 0.1) is 13.8 Å². The van der Waals surface area contributed by atoms with E-state index in [0.717, 1.165) is 29.9 Å². The van der Waals surface area contributed by atoms with Crippen molar-refractivity contribution in [2.75, 3.05) is 6.61 Å². The van der Waals surface area contributed by atoms with E-state index >= 15 is 0 Å². The van der Waals surface area contributed by atoms with Crippen LogP contribution in [0.15, 0.2) is 28.8 Å². The summed E-state index contributed by atoms with van der Waals surface area (Å²) in [6, 6.07) is 6.66. The molecule has 2 aromatic rings. The number of carbonyl (C=O) groups is 2. The minimum absolute atomic E-state index is 0.102. The molecule has 0 aliphatic rings. The average molecular weight is 374 g/mol. The van der Waals surface area contributed by atoms with E-state index in [1.165, 1.54) is 0 Å². The molecule has 1 N–H and O–H groups in total. The maximum Gasteiger partial charge on any atom is 0.338 e. The van der Waals surface area contributed by atoms with Gasteiger partial charge in [-0.25, -0.2) is 4.79 Å². The second-order valence-electron chi connectivity index (χ2n) is 6.27. The fourth-order valence-corrected chi connectivity index (χ4v) is 2.53. The van der Waals surface area contributed by atoms with Crippen LogP contribution < -0.4 is 10.1 Å². The monoisotopic (exact) mass is 374 g/mol. The molecule has 1 heterocycles. The molecule has 0 saturated carbocycles. The Hall–Kier alpha value is -2.83. The fourth-order valence-electron chi connectivity index (χ4n) is 2.53. The second kappa shape index (κ2) is 9.75. The van der Waals surface area contributed by atoms with Gasteiger partial charge in [-0.2, -0.15) is 0 Å². The Morgan fingerprint density at radius 1 is 1.15 bits per heavy atom. The lowest BCUT2D eigenvalue weighted by Crippen LogP contribution is -2.36. The number of ether oxygens (including phenoxy) is 2. The third-order valence-electron chi connectivity index (χ3n) is 4.34. The number of rotatable bonds is 9. The van der Waals surface area contributed by atoms with E-state index in [2.05, 4.69) is 10.5 Å². The molecule has 0 fully saturated rings. The van der Waals surface area contributed by atoms with E-state index in [1.807, 2.05) is 27.7 Å². The van der Waals surface area contributed by atoms with E-state index in [9.17, 15) is 9.59 Å². The first-order valence-electron chi connectivity index (χ1n) is 9.05. The number of nitrogens with one attached hydrogen (secondary N) is 1. The standard InChI is InChI=1S/C20H26N2O5/c1-5-16(6-2)21-19(23)12-26-20(24)15-7-9-17(10-8-15)25-11-18-13(3)22-27-14(18)4/h7-10,16H,5-6,11-12H2,1-4H3,(H,21,23). The molecule has 0 radical (unpaired) electrons. The van der Waals surface area contributed by atoms with Gasteiger partial charge in [0.25, 0.3) is 5.91 Å². The first-order chi connectivity index (χ1) is 12.9. The first kappa shape index (κ1) is 20.5. The highest BCUT2D eigenvalue weighted by molar-refractivity contribution is 5.91. The highest BCUT2D eigenvalue weighted by atomic mass is 16.5. The molecule has 0 unspecified atom stereocenters. The topological polar surface area (TPSA) is 90.7 Å². The van der Waals surface area contributed by atoms with Crippen molar-refractivity contribution in [3.05, 3.63) is 46.8 Å². The van der Waals surface area contributed by atoms with Gasteiger partial charge < -0.3 is 19.3 Å². The zero-order valence-corrected chi connectivity index (χ0v) is 16.2. The van der Waals surface area contributed by atoms with Crippen molar-refractivity contribution in [2.24, 2.45) is 0 Å². The summed E-state index contributed by atoms with van der Waals surface area (Å²) in [7, 11) is 0. The van der Waals surface area contributed by atoms with Crippen LogP contribution in [0.2, 0.25) is 0 Å². The molecule has 1 aromatic carbocycles. The third-order valence-corrected chi connectivity index (χ3v) is 4.34. The SMILES string of the molecule is CCC(CC)NC(=O)COC(=O)c1ccc(OCc2c(C)noc2C)cc1. The van der Waals surface area contributed by atoms with Crippen molar-refractivity contribution < 1.29 is 23.6 Å². The molecule has 0 aliphatic carbocycles. The van der Waals surface area contributed by atoms with Gasteiger partial charge in [-0.3, -0.25) is 4.79 Å². The zero-order chi connectivity index (χ0) is 19.8. The van der Waals surface area contributed by atoms with E-state index < -0.39 is 5.97 Å². The summed E-state index contributed by atoms with van der Waals surface area (Å²) < 4.78 is 15.8. The number of benzene rings is 1. The predicted octanol–water partition coefficient (Wildman–Crippen LogP) is 3.33. The smallest absolute Gasteiger partial charge is 0.338 e. The van der Waals surface area contributed by atoms with Crippen LogP contribution in [-0.4, -0.2) is 29.7 Å². The van der Waals surface area contributed by atoms with Crippen molar-refractivity contribution in [1.29, 1.82) is 0 Å². The number of aryl methyl sites for hydroxylation is 2. The van der Waals surface area contributed by atoms with E-state index in [4.69, 9.17) is 14.0 Å². The van der Waals surface area contributed by atoms with Gasteiger partial charge in [-0.05, 0) is 51.0 Å². The Labute approximate surface area is 159 Å². The van der Waals surface area contributed by atoms with Crippen molar-refractivity contribution in [1.82, 2.24) is 10.5 Å². The molecule has 2 rings (SSSR count). The number of esters is 1. The van der Waals surface area contributed by atoms with E-state index in [-0.39, 0.29) is 18.6 Å². The number of amides is 1. The number of hydrogen-bond acceptors (Lipinski definition) is 6. The van der Waals surface area contributed by atoms with E-state index in [0.29, 0.717) is 17.9 Å². The number of hydrogen-bond donors (Lipinski definition) is 1. The molecule has 1 amide bonds. The Morgan fingerprint density at radius 3 is 2.37 bits per heavy atom. The molecule has 0 spiro atoms. The first-order valence-corrected chi connectivity index (χ1v) is 9.05. The Bertz CT molecular complexity index is 744. The fraction of sp³-hybridized carbons (Fsp3) is 0.450. The molecule has 0 bridgehead atoms. The number of aromatic nitrogens is 1. The van der Waals surface area contributed by atoms with Gasteiger partial charge in [-0.1, -0.05) is 19.0 Å². The van der Waals surface area contributed by atoms with Crippen molar-refractivity contribution in [3.63, 3.8) is 0 Å². The molecule has 27 heavy (non-hydrogen) atoms. The second-order valence-corrected chi connectivity index (χ2v) is 6.27. The van der Waals surface area contributed by atoms with Gasteiger partial charge in [0.15, 0.2) is 6.61 Å². The van der Waals surface area contributed by atoms with Gasteiger partial charge in [0.1, 0.15) is 18.1 Å². The summed E-state index contributed by atoms with van der Waals surface area (Å²) in [5.41, 5.74) is 2.05. The highest BCUT2D eigenvalue weighted by Crippen LogP contribution is 2.18. The average Bonchev–Trinajstić information content (AvgIpc) is 3.00. The quantitative estimate of drug-likeness (QED) is 0.677. The van der Waals surface area contributed by atoms with Crippen molar-refractivity contribution in [3.8, 4) is 5.75 Å². The summed E-state index contributed by atoms with van der Waals surface area (Å²) in [4.78, 5) is 23.8. The molecular weight excluding hydrogens is 348 g/mol. The van der Waals surface area contributed by atoms with Crippen LogP contribution in [0.5, 0.6) is 5.75 Å². The lowest BCUT2D eigenvalue weighted by molar-refractivity contribution is -0.125. The maximum absolute atomic E-state index is 12.1. The summed E-state index contributed by atoms with van der Waals surface area (Å²) >= 11 is 0. The predicted molar refractivity (Wildman–Crippen MR) is 99.5 cm³/mol. The van der Waals surface area contributed by atoms with Gasteiger partial charge in [-0.15, -0.1) is 0 Å². The molecule has 0 aliphatic heterocycles. The largest absolute Gasteiger partial charge is 0.489 e. The van der Waals surface area contributed by atoms with Gasteiger partial charge in [0, 0.05) is 6.04 Å². The molecular formula is C20H26N2O5. The van der Waals surface area contributed by atoms with Crippen LogP contribution in [0.4, 0.5) is 0 Å². The highest BCUT2D eigenvalue weighted by Gasteiger charge is 2.13. The molecule has 0 atom stereocenters. The summed E-state index contributed by atoms with van der Waals surface area (Å²) in [6.45, 7) is 7.72. The lowest BCUT2D eigenvalue weighted by atomic mass is 10.2. The molecule has 1 aromatic heterocycles. The minimum Gasteiger partial charge on any atom is -0.489 e. The molecule has 7 nitrogen and oxygen atoms in total. The molecule has 7 heteroatoms. The van der Waals surface area contributed by atoms with Crippen molar-refractivity contribution >= 4 is 11.9 Å². The number of carbonyl (C=O) groups excluding carboxylic acids is 2. The van der Waals surface area contributed by atoms with Gasteiger partial charge >= 0.3 is 5.97 Å². The van der Waals surface area contributed by atoms with Crippen LogP contribution >= 0.6 is 0 Å². The summed E-state index contributed by atoms with van der Waals surface area (Å²) in [5.74, 6) is 0.487. The van der Waals surface area contributed by atoms with Gasteiger partial charge in [0.2, 0.25) is 0 Å². The van der Waals surface area contributed by atoms with Crippen molar-refractivity contribution in [2.45, 2.75) is 53.2 Å². The van der Waals surface area contributed by atoms with Crippen LogP contribution in [-0.2, 0) is 16.1 Å². The lowest BCUT2D eigenvalue weighted by Gasteiger charge is -2.14. The normalized spacial score (nSPS) is 10.7. The minimum atomic E-state index is -0.549.